The molecule has 0 saturated carbocycles. The number of carbonyl (C=O) groups is 2. The maximum absolute atomic E-state index is 12.2. The number of esters is 1. The van der Waals surface area contributed by atoms with Gasteiger partial charge in [0.15, 0.2) is 12.4 Å². The zero-order valence-corrected chi connectivity index (χ0v) is 12.0. The number of benzene rings is 2. The number of imidazole rings is 1. The number of hydrogen-bond donors (Lipinski definition) is 0. The lowest BCUT2D eigenvalue weighted by atomic mass is 10.2. The molecule has 0 N–H and O–H groups in total. The maximum atomic E-state index is 12.2. The van der Waals surface area contributed by atoms with E-state index in [9.17, 15) is 9.59 Å². The molecule has 0 fully saturated rings. The molecule has 0 unspecified atom stereocenters. The molecule has 2 aromatic carbocycles. The van der Waals surface area contributed by atoms with Crippen LogP contribution in [0.3, 0.4) is 0 Å². The normalized spacial score (nSPS) is 10.6. The summed E-state index contributed by atoms with van der Waals surface area (Å²) in [4.78, 5) is 28.3. The van der Waals surface area contributed by atoms with Gasteiger partial charge in [-0.2, -0.15) is 0 Å². The highest BCUT2D eigenvalue weighted by molar-refractivity contribution is 5.99. The summed E-state index contributed by atoms with van der Waals surface area (Å²) in [5, 5.41) is 0. The quantitative estimate of drug-likeness (QED) is 0.548. The first-order valence-electron chi connectivity index (χ1n) is 6.83. The van der Waals surface area contributed by atoms with E-state index in [1.807, 2.05) is 24.3 Å². The van der Waals surface area contributed by atoms with Crippen LogP contribution in [0.4, 0.5) is 0 Å². The second kappa shape index (κ2) is 5.81. The Hall–Kier alpha value is -2.95. The number of rotatable bonds is 4. The summed E-state index contributed by atoms with van der Waals surface area (Å²) in [5.41, 5.74) is 2.02. The molecule has 5 nitrogen and oxygen atoms in total. The Kier molecular flexibility index (Phi) is 3.70. The van der Waals surface area contributed by atoms with Crippen LogP contribution < -0.4 is 0 Å². The molecule has 0 aliphatic heterocycles. The minimum Gasteiger partial charge on any atom is -0.454 e. The van der Waals surface area contributed by atoms with Crippen molar-refractivity contribution in [3.8, 4) is 0 Å². The van der Waals surface area contributed by atoms with Gasteiger partial charge < -0.3 is 9.30 Å². The van der Waals surface area contributed by atoms with Crippen molar-refractivity contribution in [3.63, 3.8) is 0 Å². The van der Waals surface area contributed by atoms with E-state index >= 15 is 0 Å². The highest BCUT2D eigenvalue weighted by atomic mass is 16.5. The SMILES string of the molecule is Cn1c(C(=O)COC(=O)c2ccccc2)nc2ccccc21. The largest absolute Gasteiger partial charge is 0.454 e. The summed E-state index contributed by atoms with van der Waals surface area (Å²) in [6.45, 7) is -0.328. The number of fused-ring (bicyclic) bond motifs is 1. The Morgan fingerprint density at radius 2 is 1.73 bits per heavy atom. The molecule has 0 saturated heterocycles. The number of nitrogens with zero attached hydrogens (tertiary/aromatic N) is 2. The van der Waals surface area contributed by atoms with Crippen LogP contribution >= 0.6 is 0 Å². The highest BCUT2D eigenvalue weighted by Crippen LogP contribution is 2.14. The predicted molar refractivity (Wildman–Crippen MR) is 81.8 cm³/mol. The minimum atomic E-state index is -0.521. The monoisotopic (exact) mass is 294 g/mol. The number of carbonyl (C=O) groups excluding carboxylic acids is 2. The first kappa shape index (κ1) is 14.0. The summed E-state index contributed by atoms with van der Waals surface area (Å²) in [6, 6.07) is 16.0. The van der Waals surface area contributed by atoms with E-state index in [2.05, 4.69) is 4.98 Å². The molecular formula is C17H14N2O3. The van der Waals surface area contributed by atoms with Gasteiger partial charge in [0.25, 0.3) is 0 Å². The van der Waals surface area contributed by atoms with Gasteiger partial charge in [0.05, 0.1) is 16.6 Å². The topological polar surface area (TPSA) is 61.2 Å². The van der Waals surface area contributed by atoms with Crippen LogP contribution in [0, 0.1) is 0 Å². The fourth-order valence-corrected chi connectivity index (χ4v) is 2.25. The molecule has 5 heteroatoms. The number of ketones is 1. The van der Waals surface area contributed by atoms with E-state index in [0.29, 0.717) is 5.56 Å². The van der Waals surface area contributed by atoms with Crippen LogP contribution in [-0.4, -0.2) is 27.9 Å². The van der Waals surface area contributed by atoms with Crippen molar-refractivity contribution >= 4 is 22.8 Å². The molecule has 22 heavy (non-hydrogen) atoms. The third kappa shape index (κ3) is 2.61. The van der Waals surface area contributed by atoms with Crippen LogP contribution in [0.5, 0.6) is 0 Å². The van der Waals surface area contributed by atoms with E-state index in [-0.39, 0.29) is 18.2 Å². The van der Waals surface area contributed by atoms with Gasteiger partial charge in [-0.3, -0.25) is 4.79 Å². The van der Waals surface area contributed by atoms with Gasteiger partial charge in [-0.1, -0.05) is 30.3 Å². The predicted octanol–water partition coefficient (Wildman–Crippen LogP) is 2.61. The van der Waals surface area contributed by atoms with Crippen LogP contribution in [-0.2, 0) is 11.8 Å². The van der Waals surface area contributed by atoms with Crippen molar-refractivity contribution in [2.75, 3.05) is 6.61 Å². The molecule has 0 atom stereocenters. The molecule has 0 aliphatic rings. The van der Waals surface area contributed by atoms with Crippen LogP contribution in [0.25, 0.3) is 11.0 Å². The number of para-hydroxylation sites is 2. The number of Topliss-reactive ketones (excluding diaryl/α,β-unsaturated/α-hetero) is 1. The summed E-state index contributed by atoms with van der Waals surface area (Å²) in [5.74, 6) is -0.572. The second-order valence-electron chi connectivity index (χ2n) is 4.85. The summed E-state index contributed by atoms with van der Waals surface area (Å²) < 4.78 is 6.76. The Labute approximate surface area is 127 Å². The van der Waals surface area contributed by atoms with Gasteiger partial charge in [-0.05, 0) is 24.3 Å². The second-order valence-corrected chi connectivity index (χ2v) is 4.85. The number of ether oxygens (including phenoxy) is 1. The van der Waals surface area contributed by atoms with Crippen LogP contribution in [0.2, 0.25) is 0 Å². The van der Waals surface area contributed by atoms with E-state index in [1.54, 1.807) is 41.9 Å². The number of aromatic nitrogens is 2. The highest BCUT2D eigenvalue weighted by Gasteiger charge is 2.17. The molecule has 0 bridgehead atoms. The zero-order valence-electron chi connectivity index (χ0n) is 12.0. The van der Waals surface area contributed by atoms with E-state index in [0.717, 1.165) is 11.0 Å². The molecule has 0 aliphatic carbocycles. The lowest BCUT2D eigenvalue weighted by molar-refractivity contribution is 0.0471. The van der Waals surface area contributed by atoms with Crippen molar-refractivity contribution in [2.24, 2.45) is 7.05 Å². The van der Waals surface area contributed by atoms with Gasteiger partial charge in [0, 0.05) is 7.05 Å². The van der Waals surface area contributed by atoms with E-state index in [4.69, 9.17) is 4.74 Å². The molecule has 0 spiro atoms. The zero-order chi connectivity index (χ0) is 15.5. The fourth-order valence-electron chi connectivity index (χ4n) is 2.25. The Morgan fingerprint density at radius 3 is 2.45 bits per heavy atom. The van der Waals surface area contributed by atoms with Crippen molar-refractivity contribution in [1.82, 2.24) is 9.55 Å². The molecule has 3 rings (SSSR count). The van der Waals surface area contributed by atoms with Crippen LogP contribution in [0.15, 0.2) is 54.6 Å². The van der Waals surface area contributed by atoms with Gasteiger partial charge in [-0.25, -0.2) is 9.78 Å². The van der Waals surface area contributed by atoms with E-state index < -0.39 is 5.97 Å². The number of aryl methyl sites for hydroxylation is 1. The van der Waals surface area contributed by atoms with Crippen molar-refractivity contribution in [2.45, 2.75) is 0 Å². The smallest absolute Gasteiger partial charge is 0.338 e. The molecule has 0 amide bonds. The van der Waals surface area contributed by atoms with Gasteiger partial charge in [-0.15, -0.1) is 0 Å². The summed E-state index contributed by atoms with van der Waals surface area (Å²) in [6.07, 6.45) is 0. The first-order valence-corrected chi connectivity index (χ1v) is 6.83. The Morgan fingerprint density at radius 1 is 1.05 bits per heavy atom. The average molecular weight is 294 g/mol. The Bertz CT molecular complexity index is 837. The van der Waals surface area contributed by atoms with Crippen molar-refractivity contribution in [3.05, 3.63) is 66.0 Å². The van der Waals surface area contributed by atoms with Gasteiger partial charge >= 0.3 is 5.97 Å². The van der Waals surface area contributed by atoms with Crippen molar-refractivity contribution in [1.29, 1.82) is 0 Å². The molecule has 0 radical (unpaired) electrons. The lowest BCUT2D eigenvalue weighted by Crippen LogP contribution is -2.17. The minimum absolute atomic E-state index is 0.280. The molecule has 110 valence electrons. The van der Waals surface area contributed by atoms with Crippen molar-refractivity contribution < 1.29 is 14.3 Å². The Balaban J connectivity index is 1.74. The molecule has 1 heterocycles. The van der Waals surface area contributed by atoms with Gasteiger partial charge in [0.1, 0.15) is 0 Å². The fraction of sp³-hybridized carbons (Fsp3) is 0.118. The average Bonchev–Trinajstić information content (AvgIpc) is 2.90. The molecule has 3 aromatic rings. The summed E-state index contributed by atoms with van der Waals surface area (Å²) in [7, 11) is 1.77. The van der Waals surface area contributed by atoms with E-state index in [1.165, 1.54) is 0 Å². The third-order valence-corrected chi connectivity index (χ3v) is 3.38. The molecular weight excluding hydrogens is 280 g/mol. The first-order chi connectivity index (χ1) is 10.7. The van der Waals surface area contributed by atoms with Crippen LogP contribution in [0.1, 0.15) is 21.0 Å². The maximum Gasteiger partial charge on any atom is 0.338 e. The summed E-state index contributed by atoms with van der Waals surface area (Å²) >= 11 is 0. The standard InChI is InChI=1S/C17H14N2O3/c1-19-14-10-6-5-9-13(14)18-16(19)15(20)11-22-17(21)12-7-3-2-4-8-12/h2-10H,11H2,1H3. The van der Waals surface area contributed by atoms with Gasteiger partial charge in [0.2, 0.25) is 5.78 Å². The number of hydrogen-bond acceptors (Lipinski definition) is 4. The third-order valence-electron chi connectivity index (χ3n) is 3.38. The lowest BCUT2D eigenvalue weighted by Gasteiger charge is -2.04. The molecule has 1 aromatic heterocycles.